The standard InChI is InChI=1S/C6H12O3/c1-4-6(8)5(7)2-3-9-4/h4-8H,2-3H2,1H3/t4?,5-,6-/m1/s1. The van der Waals surface area contributed by atoms with E-state index in [0.29, 0.717) is 13.0 Å². The molecule has 0 aromatic heterocycles. The molecule has 0 saturated carbocycles. The highest BCUT2D eigenvalue weighted by atomic mass is 16.5. The second-order valence-corrected chi connectivity index (χ2v) is 2.42. The summed E-state index contributed by atoms with van der Waals surface area (Å²) in [6.45, 7) is 2.31. The van der Waals surface area contributed by atoms with E-state index in [9.17, 15) is 0 Å². The van der Waals surface area contributed by atoms with Crippen molar-refractivity contribution in [2.24, 2.45) is 0 Å². The van der Waals surface area contributed by atoms with Gasteiger partial charge in [0.15, 0.2) is 0 Å². The Kier molecular flexibility index (Phi) is 2.05. The van der Waals surface area contributed by atoms with E-state index in [1.165, 1.54) is 0 Å². The van der Waals surface area contributed by atoms with Gasteiger partial charge in [0.1, 0.15) is 6.10 Å². The highest BCUT2D eigenvalue weighted by Gasteiger charge is 2.27. The number of hydrogen-bond acceptors (Lipinski definition) is 3. The van der Waals surface area contributed by atoms with Gasteiger partial charge in [0.05, 0.1) is 12.2 Å². The summed E-state index contributed by atoms with van der Waals surface area (Å²) in [5.41, 5.74) is 0. The number of hydrogen-bond donors (Lipinski definition) is 2. The number of aliphatic hydroxyl groups is 2. The normalized spacial score (nSPS) is 45.0. The summed E-state index contributed by atoms with van der Waals surface area (Å²) in [6.07, 6.45) is -0.952. The molecule has 9 heavy (non-hydrogen) atoms. The van der Waals surface area contributed by atoms with Gasteiger partial charge < -0.3 is 14.9 Å². The van der Waals surface area contributed by atoms with E-state index in [4.69, 9.17) is 14.9 Å². The third-order valence-corrected chi connectivity index (χ3v) is 1.67. The summed E-state index contributed by atoms with van der Waals surface area (Å²) >= 11 is 0. The fourth-order valence-corrected chi connectivity index (χ4v) is 0.957. The van der Waals surface area contributed by atoms with Gasteiger partial charge in [-0.1, -0.05) is 0 Å². The van der Waals surface area contributed by atoms with E-state index in [-0.39, 0.29) is 6.10 Å². The molecule has 0 radical (unpaired) electrons. The molecule has 0 spiro atoms. The van der Waals surface area contributed by atoms with Crippen molar-refractivity contribution in [1.29, 1.82) is 0 Å². The van der Waals surface area contributed by atoms with E-state index in [0.717, 1.165) is 0 Å². The Hall–Kier alpha value is -0.120. The maximum Gasteiger partial charge on any atom is 0.106 e. The van der Waals surface area contributed by atoms with Crippen LogP contribution in [0.5, 0.6) is 0 Å². The maximum absolute atomic E-state index is 9.07. The summed E-state index contributed by atoms with van der Waals surface area (Å²) in [5.74, 6) is 0. The summed E-state index contributed by atoms with van der Waals surface area (Å²) < 4.78 is 5.05. The molecule has 0 amide bonds. The SMILES string of the molecule is CC1OCC[C@@H](O)[C@@H]1O. The average Bonchev–Trinajstić information content (AvgIpc) is 1.83. The summed E-state index contributed by atoms with van der Waals surface area (Å²) in [4.78, 5) is 0. The molecule has 0 aromatic rings. The Balaban J connectivity index is 2.41. The predicted molar refractivity (Wildman–Crippen MR) is 32.0 cm³/mol. The number of rotatable bonds is 0. The zero-order chi connectivity index (χ0) is 6.85. The lowest BCUT2D eigenvalue weighted by Gasteiger charge is -2.29. The average molecular weight is 132 g/mol. The van der Waals surface area contributed by atoms with Crippen molar-refractivity contribution in [3.63, 3.8) is 0 Å². The Morgan fingerprint density at radius 2 is 2.11 bits per heavy atom. The van der Waals surface area contributed by atoms with Crippen LogP contribution in [0.1, 0.15) is 13.3 Å². The van der Waals surface area contributed by atoms with Gasteiger partial charge in [-0.3, -0.25) is 0 Å². The topological polar surface area (TPSA) is 49.7 Å². The van der Waals surface area contributed by atoms with Gasteiger partial charge >= 0.3 is 0 Å². The lowest BCUT2D eigenvalue weighted by molar-refractivity contribution is -0.127. The molecular formula is C6H12O3. The lowest BCUT2D eigenvalue weighted by Crippen LogP contribution is -2.42. The first-order chi connectivity index (χ1) is 4.22. The largest absolute Gasteiger partial charge is 0.390 e. The molecule has 0 aliphatic carbocycles. The highest BCUT2D eigenvalue weighted by Crippen LogP contribution is 2.13. The Morgan fingerprint density at radius 1 is 1.44 bits per heavy atom. The van der Waals surface area contributed by atoms with Gasteiger partial charge in [0.25, 0.3) is 0 Å². The fraction of sp³-hybridized carbons (Fsp3) is 1.00. The summed E-state index contributed by atoms with van der Waals surface area (Å²) in [5, 5.41) is 18.1. The van der Waals surface area contributed by atoms with E-state index in [1.807, 2.05) is 0 Å². The molecule has 1 saturated heterocycles. The molecule has 54 valence electrons. The van der Waals surface area contributed by atoms with Crippen LogP contribution in [0.15, 0.2) is 0 Å². The predicted octanol–water partition coefficient (Wildman–Crippen LogP) is -0.483. The Labute approximate surface area is 54.3 Å². The highest BCUT2D eigenvalue weighted by molar-refractivity contribution is 4.77. The first-order valence-electron chi connectivity index (χ1n) is 3.19. The van der Waals surface area contributed by atoms with Crippen LogP contribution in [0.3, 0.4) is 0 Å². The second kappa shape index (κ2) is 2.64. The van der Waals surface area contributed by atoms with Gasteiger partial charge in [-0.15, -0.1) is 0 Å². The Morgan fingerprint density at radius 3 is 2.56 bits per heavy atom. The molecule has 1 heterocycles. The number of ether oxygens (including phenoxy) is 1. The zero-order valence-electron chi connectivity index (χ0n) is 5.45. The monoisotopic (exact) mass is 132 g/mol. The van der Waals surface area contributed by atoms with Crippen molar-refractivity contribution < 1.29 is 14.9 Å². The quantitative estimate of drug-likeness (QED) is 0.468. The summed E-state index contributed by atoms with van der Waals surface area (Å²) in [6, 6.07) is 0. The van der Waals surface area contributed by atoms with E-state index >= 15 is 0 Å². The van der Waals surface area contributed by atoms with Crippen LogP contribution in [0.4, 0.5) is 0 Å². The molecule has 1 unspecified atom stereocenters. The zero-order valence-corrected chi connectivity index (χ0v) is 5.45. The minimum Gasteiger partial charge on any atom is -0.390 e. The molecule has 0 aromatic carbocycles. The Bertz CT molecular complexity index is 84.3. The van der Waals surface area contributed by atoms with Crippen molar-refractivity contribution in [3.8, 4) is 0 Å². The van der Waals surface area contributed by atoms with Crippen molar-refractivity contribution in [2.75, 3.05) is 6.61 Å². The van der Waals surface area contributed by atoms with Crippen LogP contribution < -0.4 is 0 Å². The first kappa shape index (κ1) is 6.99. The minimum atomic E-state index is -0.696. The minimum absolute atomic E-state index is 0.214. The van der Waals surface area contributed by atoms with Gasteiger partial charge in [0, 0.05) is 6.61 Å². The molecule has 1 aliphatic rings. The molecule has 2 N–H and O–H groups in total. The van der Waals surface area contributed by atoms with Crippen LogP contribution in [-0.4, -0.2) is 35.1 Å². The van der Waals surface area contributed by atoms with E-state index < -0.39 is 12.2 Å². The summed E-state index contributed by atoms with van der Waals surface area (Å²) in [7, 11) is 0. The van der Waals surface area contributed by atoms with Crippen molar-refractivity contribution in [2.45, 2.75) is 31.7 Å². The molecule has 3 nitrogen and oxygen atoms in total. The van der Waals surface area contributed by atoms with E-state index in [1.54, 1.807) is 6.92 Å². The third-order valence-electron chi connectivity index (χ3n) is 1.67. The van der Waals surface area contributed by atoms with Crippen molar-refractivity contribution in [1.82, 2.24) is 0 Å². The molecule has 0 bridgehead atoms. The molecule has 1 aliphatic heterocycles. The van der Waals surface area contributed by atoms with Gasteiger partial charge in [-0.05, 0) is 13.3 Å². The van der Waals surface area contributed by atoms with Crippen LogP contribution in [0.25, 0.3) is 0 Å². The van der Waals surface area contributed by atoms with Crippen LogP contribution >= 0.6 is 0 Å². The molecule has 1 fully saturated rings. The molecule has 1 rings (SSSR count). The van der Waals surface area contributed by atoms with Crippen molar-refractivity contribution in [3.05, 3.63) is 0 Å². The van der Waals surface area contributed by atoms with Crippen LogP contribution in [0.2, 0.25) is 0 Å². The molecule has 3 atom stereocenters. The van der Waals surface area contributed by atoms with Crippen molar-refractivity contribution >= 4 is 0 Å². The second-order valence-electron chi connectivity index (χ2n) is 2.42. The van der Waals surface area contributed by atoms with Crippen LogP contribution in [0, 0.1) is 0 Å². The van der Waals surface area contributed by atoms with Gasteiger partial charge in [-0.25, -0.2) is 0 Å². The van der Waals surface area contributed by atoms with Gasteiger partial charge in [-0.2, -0.15) is 0 Å². The van der Waals surface area contributed by atoms with Crippen LogP contribution in [-0.2, 0) is 4.74 Å². The molecular weight excluding hydrogens is 120 g/mol. The smallest absolute Gasteiger partial charge is 0.106 e. The van der Waals surface area contributed by atoms with E-state index in [2.05, 4.69) is 0 Å². The van der Waals surface area contributed by atoms with Gasteiger partial charge in [0.2, 0.25) is 0 Å². The third kappa shape index (κ3) is 1.41. The first-order valence-corrected chi connectivity index (χ1v) is 3.19. The number of aliphatic hydroxyl groups excluding tert-OH is 2. The maximum atomic E-state index is 9.07. The lowest BCUT2D eigenvalue weighted by atomic mass is 10.0. The molecule has 3 heteroatoms. The fourth-order valence-electron chi connectivity index (χ4n) is 0.957.